The predicted octanol–water partition coefficient (Wildman–Crippen LogP) is 9.93. The molecule has 242 valence electrons. The van der Waals surface area contributed by atoms with Crippen LogP contribution < -0.4 is 0 Å². The molecule has 6 heteroatoms. The molecule has 1 aliphatic heterocycles. The zero-order valence-corrected chi connectivity index (χ0v) is 28.8. The van der Waals surface area contributed by atoms with Crippen molar-refractivity contribution in [1.29, 1.82) is 0 Å². The molecule has 0 amide bonds. The standard InChI is InChI=1S/C27H25N5O.3C3H8.C3H6/c1-2-4-26-24(3-1)23(9-11-28-26)25-18-30-32-19-22(17-29-27(25)32)21-7-5-20(6-8-21)10-12-31-13-15-33-16-14-31;4*1-3-2/h1-9,11,17-19H,10,12-16H2;3*3H2,1-2H3;3H,1H2,2H3. The molecule has 1 aliphatic rings. The second-order valence-corrected chi connectivity index (χ2v) is 11.0. The highest BCUT2D eigenvalue weighted by Crippen LogP contribution is 2.30. The van der Waals surface area contributed by atoms with Crippen molar-refractivity contribution in [3.8, 4) is 22.3 Å². The molecular formula is C39H55N5O. The third-order valence-electron chi connectivity index (χ3n) is 6.40. The fourth-order valence-corrected chi connectivity index (χ4v) is 4.52. The highest BCUT2D eigenvalue weighted by atomic mass is 16.5. The third-order valence-corrected chi connectivity index (χ3v) is 6.40. The van der Waals surface area contributed by atoms with E-state index in [9.17, 15) is 0 Å². The van der Waals surface area contributed by atoms with Gasteiger partial charge in [0.05, 0.1) is 24.9 Å². The third kappa shape index (κ3) is 11.9. The summed E-state index contributed by atoms with van der Waals surface area (Å²) in [5.41, 5.74) is 7.48. The van der Waals surface area contributed by atoms with Crippen LogP contribution in [0, 0.1) is 0 Å². The topological polar surface area (TPSA) is 55.5 Å². The van der Waals surface area contributed by atoms with Gasteiger partial charge in [-0.05, 0) is 42.2 Å². The van der Waals surface area contributed by atoms with Gasteiger partial charge in [0, 0.05) is 54.7 Å². The molecule has 1 saturated heterocycles. The number of nitrogens with zero attached hydrogens (tertiary/aromatic N) is 5. The Labute approximate surface area is 272 Å². The van der Waals surface area contributed by atoms with Gasteiger partial charge in [-0.3, -0.25) is 9.88 Å². The summed E-state index contributed by atoms with van der Waals surface area (Å²) < 4.78 is 7.30. The number of hydrogen-bond donors (Lipinski definition) is 0. The number of ether oxygens (including phenoxy) is 1. The molecule has 5 aromatic rings. The second kappa shape index (κ2) is 21.8. The summed E-state index contributed by atoms with van der Waals surface area (Å²) >= 11 is 0. The quantitative estimate of drug-likeness (QED) is 0.186. The largest absolute Gasteiger partial charge is 0.379 e. The molecule has 0 unspecified atom stereocenters. The Kier molecular flexibility index (Phi) is 18.1. The summed E-state index contributed by atoms with van der Waals surface area (Å²) in [7, 11) is 0. The van der Waals surface area contributed by atoms with Crippen LogP contribution in [0.1, 0.15) is 73.3 Å². The van der Waals surface area contributed by atoms with Crippen LogP contribution in [0.2, 0.25) is 0 Å². The van der Waals surface area contributed by atoms with Crippen LogP contribution in [0.25, 0.3) is 38.8 Å². The number of para-hydroxylation sites is 1. The molecule has 0 saturated carbocycles. The molecule has 4 heterocycles. The molecule has 0 spiro atoms. The minimum atomic E-state index is 0.845. The monoisotopic (exact) mass is 609 g/mol. The van der Waals surface area contributed by atoms with Crippen molar-refractivity contribution in [2.24, 2.45) is 0 Å². The van der Waals surface area contributed by atoms with E-state index < -0.39 is 0 Å². The second-order valence-electron chi connectivity index (χ2n) is 11.0. The number of rotatable bonds is 5. The maximum Gasteiger partial charge on any atom is 0.162 e. The van der Waals surface area contributed by atoms with Crippen LogP contribution in [0.15, 0.2) is 92.0 Å². The molecule has 0 bridgehead atoms. The van der Waals surface area contributed by atoms with Gasteiger partial charge in [0.2, 0.25) is 0 Å². The van der Waals surface area contributed by atoms with Gasteiger partial charge >= 0.3 is 0 Å². The first-order chi connectivity index (χ1) is 22.0. The molecule has 6 nitrogen and oxygen atoms in total. The minimum Gasteiger partial charge on any atom is -0.379 e. The summed E-state index contributed by atoms with van der Waals surface area (Å²) in [6.45, 7) is 22.8. The molecule has 45 heavy (non-hydrogen) atoms. The fourth-order valence-electron chi connectivity index (χ4n) is 4.52. The summed E-state index contributed by atoms with van der Waals surface area (Å²) in [4.78, 5) is 11.7. The molecule has 0 atom stereocenters. The molecule has 2 aromatic carbocycles. The lowest BCUT2D eigenvalue weighted by molar-refractivity contribution is 0.0384. The Morgan fingerprint density at radius 3 is 2.04 bits per heavy atom. The van der Waals surface area contributed by atoms with Crippen LogP contribution in [0.3, 0.4) is 0 Å². The summed E-state index contributed by atoms with van der Waals surface area (Å²) in [5, 5.41) is 5.71. The average molecular weight is 610 g/mol. The van der Waals surface area contributed by atoms with Gasteiger partial charge in [-0.15, -0.1) is 6.58 Å². The van der Waals surface area contributed by atoms with E-state index in [0.717, 1.165) is 78.1 Å². The van der Waals surface area contributed by atoms with E-state index in [2.05, 4.69) is 99.6 Å². The Morgan fingerprint density at radius 1 is 0.778 bits per heavy atom. The van der Waals surface area contributed by atoms with Crippen LogP contribution in [0.4, 0.5) is 0 Å². The number of benzene rings is 2. The molecule has 0 N–H and O–H groups in total. The number of fused-ring (bicyclic) bond motifs is 2. The maximum absolute atomic E-state index is 5.44. The van der Waals surface area contributed by atoms with Crippen molar-refractivity contribution in [3.63, 3.8) is 0 Å². The van der Waals surface area contributed by atoms with Gasteiger partial charge in [-0.25, -0.2) is 9.50 Å². The lowest BCUT2D eigenvalue weighted by Gasteiger charge is -2.26. The van der Waals surface area contributed by atoms with Crippen molar-refractivity contribution in [2.45, 2.75) is 74.1 Å². The normalized spacial score (nSPS) is 12.3. The van der Waals surface area contributed by atoms with Crippen LogP contribution in [-0.2, 0) is 11.2 Å². The fraction of sp³-hybridized carbons (Fsp3) is 0.410. The lowest BCUT2D eigenvalue weighted by atomic mass is 10.0. The van der Waals surface area contributed by atoms with Crippen LogP contribution in [0.5, 0.6) is 0 Å². The summed E-state index contributed by atoms with van der Waals surface area (Å²) in [5.74, 6) is 0. The smallest absolute Gasteiger partial charge is 0.162 e. The van der Waals surface area contributed by atoms with Gasteiger partial charge in [-0.1, -0.05) is 109 Å². The predicted molar refractivity (Wildman–Crippen MR) is 194 cm³/mol. The molecule has 0 radical (unpaired) electrons. The van der Waals surface area contributed by atoms with Crippen LogP contribution >= 0.6 is 0 Å². The Balaban J connectivity index is 0.000000515. The Hall–Kier alpha value is -3.87. The van der Waals surface area contributed by atoms with E-state index in [1.54, 1.807) is 6.08 Å². The minimum absolute atomic E-state index is 0.845. The highest BCUT2D eigenvalue weighted by molar-refractivity contribution is 5.97. The van der Waals surface area contributed by atoms with Crippen molar-refractivity contribution >= 4 is 16.6 Å². The molecule has 6 rings (SSSR count). The Morgan fingerprint density at radius 2 is 1.40 bits per heavy atom. The van der Waals surface area contributed by atoms with Crippen LogP contribution in [-0.4, -0.2) is 57.3 Å². The van der Waals surface area contributed by atoms with E-state index in [1.807, 2.05) is 54.3 Å². The summed E-state index contributed by atoms with van der Waals surface area (Å²) in [6.07, 6.45) is 14.3. The SMILES string of the molecule is C=CC.CCC.CCC.CCC.c1ccc2c(-c3cnn4cc(-c5ccc(CCN6CCOCC6)cc5)cnc34)ccnc2c1. The zero-order valence-electron chi connectivity index (χ0n) is 28.8. The first-order valence-corrected chi connectivity index (χ1v) is 16.6. The first kappa shape index (κ1) is 37.3. The van der Waals surface area contributed by atoms with E-state index in [-0.39, 0.29) is 0 Å². The molecule has 1 fully saturated rings. The number of allylic oxidation sites excluding steroid dienone is 1. The van der Waals surface area contributed by atoms with Gasteiger partial charge in [0.15, 0.2) is 5.65 Å². The van der Waals surface area contributed by atoms with Gasteiger partial charge in [0.25, 0.3) is 0 Å². The van der Waals surface area contributed by atoms with E-state index in [1.165, 1.54) is 24.8 Å². The van der Waals surface area contributed by atoms with E-state index in [4.69, 9.17) is 9.72 Å². The van der Waals surface area contributed by atoms with Crippen molar-refractivity contribution in [1.82, 2.24) is 24.5 Å². The van der Waals surface area contributed by atoms with Crippen molar-refractivity contribution < 1.29 is 4.74 Å². The molecule has 0 aliphatic carbocycles. The molecule has 3 aromatic heterocycles. The van der Waals surface area contributed by atoms with Gasteiger partial charge in [0.1, 0.15) is 0 Å². The number of morpholine rings is 1. The van der Waals surface area contributed by atoms with Crippen molar-refractivity contribution in [3.05, 3.63) is 97.6 Å². The number of hydrogen-bond acceptors (Lipinski definition) is 5. The van der Waals surface area contributed by atoms with Gasteiger partial charge in [-0.2, -0.15) is 5.10 Å². The Bertz CT molecular complexity index is 1490. The molecular weight excluding hydrogens is 554 g/mol. The van der Waals surface area contributed by atoms with E-state index in [0.29, 0.717) is 0 Å². The maximum atomic E-state index is 5.44. The summed E-state index contributed by atoms with van der Waals surface area (Å²) in [6, 6.07) is 19.0. The number of aromatic nitrogens is 4. The average Bonchev–Trinajstić information content (AvgIpc) is 3.49. The van der Waals surface area contributed by atoms with Gasteiger partial charge < -0.3 is 4.74 Å². The van der Waals surface area contributed by atoms with E-state index >= 15 is 0 Å². The van der Waals surface area contributed by atoms with Crippen molar-refractivity contribution in [2.75, 3.05) is 32.8 Å². The zero-order chi connectivity index (χ0) is 32.9. The lowest BCUT2D eigenvalue weighted by Crippen LogP contribution is -2.37. The number of pyridine rings is 1. The highest BCUT2D eigenvalue weighted by Gasteiger charge is 2.13. The first-order valence-electron chi connectivity index (χ1n) is 16.6.